The molecule has 3 nitrogen and oxygen atoms in total. The highest BCUT2D eigenvalue weighted by Gasteiger charge is 2.16. The number of aryl methyl sites for hydroxylation is 2. The number of fused-ring (bicyclic) bond motifs is 1. The second kappa shape index (κ2) is 4.99. The summed E-state index contributed by atoms with van der Waals surface area (Å²) in [4.78, 5) is 4.97. The molecule has 3 rings (SSSR count). The number of rotatable bonds is 2. The molecule has 0 aliphatic carbocycles. The summed E-state index contributed by atoms with van der Waals surface area (Å²) in [7, 11) is 4.36. The molecule has 1 saturated heterocycles. The Kier molecular flexibility index (Phi) is 3.33. The minimum absolute atomic E-state index is 1.08. The first kappa shape index (κ1) is 12.7. The summed E-state index contributed by atoms with van der Waals surface area (Å²) in [6.07, 6.45) is 2.30. The molecule has 0 radical (unpaired) electrons. The van der Waals surface area contributed by atoms with E-state index in [2.05, 4.69) is 59.8 Å². The van der Waals surface area contributed by atoms with E-state index in [1.807, 2.05) is 0 Å². The Morgan fingerprint density at radius 2 is 1.79 bits per heavy atom. The molecule has 2 heterocycles. The molecule has 0 bridgehead atoms. The van der Waals surface area contributed by atoms with Gasteiger partial charge in [0.25, 0.3) is 0 Å². The number of nitrogens with zero attached hydrogens (tertiary/aromatic N) is 3. The lowest BCUT2D eigenvalue weighted by Crippen LogP contribution is -2.43. The number of hydrogen-bond acceptors (Lipinski definition) is 2. The van der Waals surface area contributed by atoms with Gasteiger partial charge in [-0.05, 0) is 25.1 Å². The first-order chi connectivity index (χ1) is 9.15. The Morgan fingerprint density at radius 3 is 2.53 bits per heavy atom. The first-order valence-electron chi connectivity index (χ1n) is 7.09. The molecule has 3 heteroatoms. The lowest BCUT2D eigenvalue weighted by atomic mass is 10.1. The van der Waals surface area contributed by atoms with Gasteiger partial charge in [-0.3, -0.25) is 4.90 Å². The van der Waals surface area contributed by atoms with Crippen LogP contribution < -0.4 is 0 Å². The topological polar surface area (TPSA) is 11.4 Å². The SMILES string of the molecule is Cc1cccc2c(CN3CCN(C)CC3)cn(C)c12. The van der Waals surface area contributed by atoms with E-state index in [0.29, 0.717) is 0 Å². The van der Waals surface area contributed by atoms with Gasteiger partial charge in [0.15, 0.2) is 0 Å². The minimum Gasteiger partial charge on any atom is -0.350 e. The summed E-state index contributed by atoms with van der Waals surface area (Å²) >= 11 is 0. The van der Waals surface area contributed by atoms with E-state index >= 15 is 0 Å². The maximum absolute atomic E-state index is 2.57. The van der Waals surface area contributed by atoms with Gasteiger partial charge in [0.05, 0.1) is 5.52 Å². The molecule has 1 aliphatic heterocycles. The molecule has 1 aromatic carbocycles. The van der Waals surface area contributed by atoms with Crippen LogP contribution in [0.1, 0.15) is 11.1 Å². The second-order valence-corrected chi connectivity index (χ2v) is 5.82. The molecule has 19 heavy (non-hydrogen) atoms. The number of aromatic nitrogens is 1. The quantitative estimate of drug-likeness (QED) is 0.817. The summed E-state index contributed by atoms with van der Waals surface area (Å²) in [5.41, 5.74) is 4.21. The van der Waals surface area contributed by atoms with Gasteiger partial charge in [0.1, 0.15) is 0 Å². The molecular weight excluding hydrogens is 234 g/mol. The summed E-state index contributed by atoms with van der Waals surface area (Å²) in [6, 6.07) is 6.63. The third-order valence-corrected chi connectivity index (χ3v) is 4.28. The Morgan fingerprint density at radius 1 is 1.05 bits per heavy atom. The third kappa shape index (κ3) is 2.40. The standard InChI is InChI=1S/C16H23N3/c1-13-5-4-6-15-14(11-18(3)16(13)15)12-19-9-7-17(2)8-10-19/h4-6,11H,7-10,12H2,1-3H3. The van der Waals surface area contributed by atoms with E-state index < -0.39 is 0 Å². The van der Waals surface area contributed by atoms with Gasteiger partial charge < -0.3 is 9.47 Å². The molecule has 0 saturated carbocycles. The van der Waals surface area contributed by atoms with Crippen LogP contribution in [0.5, 0.6) is 0 Å². The Balaban J connectivity index is 1.87. The summed E-state index contributed by atoms with van der Waals surface area (Å²) < 4.78 is 2.27. The van der Waals surface area contributed by atoms with Gasteiger partial charge in [-0.25, -0.2) is 0 Å². The average molecular weight is 257 g/mol. The van der Waals surface area contributed by atoms with Crippen molar-refractivity contribution in [1.82, 2.24) is 14.4 Å². The largest absolute Gasteiger partial charge is 0.350 e. The zero-order valence-corrected chi connectivity index (χ0v) is 12.2. The van der Waals surface area contributed by atoms with Crippen LogP contribution >= 0.6 is 0 Å². The molecule has 0 spiro atoms. The molecule has 102 valence electrons. The molecular formula is C16H23N3. The third-order valence-electron chi connectivity index (χ3n) is 4.28. The van der Waals surface area contributed by atoms with Crippen LogP contribution in [0.4, 0.5) is 0 Å². The fraction of sp³-hybridized carbons (Fsp3) is 0.500. The van der Waals surface area contributed by atoms with Crippen LogP contribution in [-0.4, -0.2) is 47.6 Å². The van der Waals surface area contributed by atoms with Gasteiger partial charge in [-0.1, -0.05) is 18.2 Å². The molecule has 2 aromatic rings. The number of benzene rings is 1. The van der Waals surface area contributed by atoms with E-state index in [1.165, 1.54) is 48.2 Å². The average Bonchev–Trinajstić information content (AvgIpc) is 2.70. The van der Waals surface area contributed by atoms with Crippen molar-refractivity contribution in [1.29, 1.82) is 0 Å². The van der Waals surface area contributed by atoms with Crippen LogP contribution in [0.15, 0.2) is 24.4 Å². The van der Waals surface area contributed by atoms with E-state index in [-0.39, 0.29) is 0 Å². The van der Waals surface area contributed by atoms with Crippen LogP contribution in [-0.2, 0) is 13.6 Å². The van der Waals surface area contributed by atoms with Gasteiger partial charge >= 0.3 is 0 Å². The molecule has 1 aromatic heterocycles. The Hall–Kier alpha value is -1.32. The van der Waals surface area contributed by atoms with Crippen LogP contribution in [0.3, 0.4) is 0 Å². The zero-order chi connectivity index (χ0) is 13.4. The van der Waals surface area contributed by atoms with Gasteiger partial charge in [-0.15, -0.1) is 0 Å². The Bertz CT molecular complexity index is 577. The first-order valence-corrected chi connectivity index (χ1v) is 7.09. The van der Waals surface area contributed by atoms with Crippen LogP contribution in [0.25, 0.3) is 10.9 Å². The fourth-order valence-corrected chi connectivity index (χ4v) is 3.13. The maximum atomic E-state index is 2.57. The number of likely N-dealkylation sites (N-methyl/N-ethyl adjacent to an activating group) is 1. The monoisotopic (exact) mass is 257 g/mol. The summed E-state index contributed by atoms with van der Waals surface area (Å²) in [5, 5.41) is 1.42. The fourth-order valence-electron chi connectivity index (χ4n) is 3.13. The van der Waals surface area contributed by atoms with Crippen LogP contribution in [0, 0.1) is 6.92 Å². The normalized spacial score (nSPS) is 18.3. The molecule has 0 unspecified atom stereocenters. The molecule has 0 amide bonds. The van der Waals surface area contributed by atoms with Crippen molar-refractivity contribution in [3.8, 4) is 0 Å². The van der Waals surface area contributed by atoms with Gasteiger partial charge in [0, 0.05) is 51.4 Å². The molecule has 0 atom stereocenters. The maximum Gasteiger partial charge on any atom is 0.0510 e. The van der Waals surface area contributed by atoms with Crippen molar-refractivity contribution in [3.63, 3.8) is 0 Å². The number of para-hydroxylation sites is 1. The highest BCUT2D eigenvalue weighted by molar-refractivity contribution is 5.86. The van der Waals surface area contributed by atoms with Crippen molar-refractivity contribution in [2.45, 2.75) is 13.5 Å². The predicted octanol–water partition coefficient (Wildman–Crippen LogP) is 2.23. The van der Waals surface area contributed by atoms with Crippen LogP contribution in [0.2, 0.25) is 0 Å². The van der Waals surface area contributed by atoms with E-state index in [9.17, 15) is 0 Å². The molecule has 1 aliphatic rings. The minimum atomic E-state index is 1.08. The van der Waals surface area contributed by atoms with Gasteiger partial charge in [0.2, 0.25) is 0 Å². The smallest absolute Gasteiger partial charge is 0.0510 e. The lowest BCUT2D eigenvalue weighted by Gasteiger charge is -2.32. The van der Waals surface area contributed by atoms with Crippen molar-refractivity contribution >= 4 is 10.9 Å². The van der Waals surface area contributed by atoms with Crippen molar-refractivity contribution < 1.29 is 0 Å². The molecule has 0 N–H and O–H groups in total. The predicted molar refractivity (Wildman–Crippen MR) is 80.4 cm³/mol. The zero-order valence-electron chi connectivity index (χ0n) is 12.2. The summed E-state index contributed by atoms with van der Waals surface area (Å²) in [5.74, 6) is 0. The van der Waals surface area contributed by atoms with Crippen molar-refractivity contribution in [2.24, 2.45) is 7.05 Å². The van der Waals surface area contributed by atoms with E-state index in [1.54, 1.807) is 0 Å². The number of piperazine rings is 1. The van der Waals surface area contributed by atoms with E-state index in [4.69, 9.17) is 0 Å². The highest BCUT2D eigenvalue weighted by Crippen LogP contribution is 2.24. The van der Waals surface area contributed by atoms with Crippen molar-refractivity contribution in [3.05, 3.63) is 35.5 Å². The van der Waals surface area contributed by atoms with Gasteiger partial charge in [-0.2, -0.15) is 0 Å². The Labute approximate surface area is 115 Å². The number of hydrogen-bond donors (Lipinski definition) is 0. The lowest BCUT2D eigenvalue weighted by molar-refractivity contribution is 0.148. The highest BCUT2D eigenvalue weighted by atomic mass is 15.2. The van der Waals surface area contributed by atoms with Crippen molar-refractivity contribution in [2.75, 3.05) is 33.2 Å². The summed E-state index contributed by atoms with van der Waals surface area (Å²) in [6.45, 7) is 8.00. The van der Waals surface area contributed by atoms with E-state index in [0.717, 1.165) is 6.54 Å². The second-order valence-electron chi connectivity index (χ2n) is 5.82. The molecule has 1 fully saturated rings.